The maximum atomic E-state index is 12.6. The van der Waals surface area contributed by atoms with Crippen LogP contribution in [0.3, 0.4) is 0 Å². The number of benzene rings is 1. The molecule has 2 amide bonds. The van der Waals surface area contributed by atoms with Gasteiger partial charge in [0.05, 0.1) is 7.11 Å². The topological polar surface area (TPSA) is 79.3 Å². The predicted molar refractivity (Wildman–Crippen MR) is 83.4 cm³/mol. The third-order valence-electron chi connectivity index (χ3n) is 3.70. The van der Waals surface area contributed by atoms with Crippen LogP contribution >= 0.6 is 0 Å². The van der Waals surface area contributed by atoms with Crippen LogP contribution in [-0.2, 0) is 19.1 Å². The summed E-state index contributed by atoms with van der Waals surface area (Å²) in [6.45, 7) is 0. The molecule has 1 aromatic rings. The fourth-order valence-electron chi connectivity index (χ4n) is 2.41. The second kappa shape index (κ2) is 7.04. The van der Waals surface area contributed by atoms with Gasteiger partial charge in [-0.05, 0) is 5.56 Å². The zero-order chi connectivity index (χ0) is 17.0. The summed E-state index contributed by atoms with van der Waals surface area (Å²) >= 11 is 0. The van der Waals surface area contributed by atoms with Gasteiger partial charge in [0.2, 0.25) is 5.91 Å². The summed E-state index contributed by atoms with van der Waals surface area (Å²) in [5.41, 5.74) is 0.899. The van der Waals surface area contributed by atoms with Gasteiger partial charge < -0.3 is 9.64 Å². The quantitative estimate of drug-likeness (QED) is 0.775. The van der Waals surface area contributed by atoms with Crippen molar-refractivity contribution in [3.05, 3.63) is 35.9 Å². The summed E-state index contributed by atoms with van der Waals surface area (Å²) in [5, 5.41) is 5.16. The molecule has 0 N–H and O–H groups in total. The molecule has 23 heavy (non-hydrogen) atoms. The van der Waals surface area contributed by atoms with Gasteiger partial charge in [-0.2, -0.15) is 5.10 Å². The number of likely N-dealkylation sites (N-methyl/N-ethyl adjacent to an activating group) is 1. The van der Waals surface area contributed by atoms with Crippen molar-refractivity contribution in [3.63, 3.8) is 0 Å². The zero-order valence-corrected chi connectivity index (χ0v) is 13.4. The van der Waals surface area contributed by atoms with E-state index in [9.17, 15) is 14.4 Å². The van der Waals surface area contributed by atoms with Gasteiger partial charge in [0.1, 0.15) is 5.71 Å². The van der Waals surface area contributed by atoms with Crippen LogP contribution in [-0.4, -0.2) is 54.6 Å². The highest BCUT2D eigenvalue weighted by atomic mass is 16.5. The molecule has 1 atom stereocenters. The first-order valence-electron chi connectivity index (χ1n) is 7.19. The summed E-state index contributed by atoms with van der Waals surface area (Å²) in [5.74, 6) is -1.08. The average molecular weight is 317 g/mol. The van der Waals surface area contributed by atoms with Crippen molar-refractivity contribution in [2.24, 2.45) is 5.10 Å². The third kappa shape index (κ3) is 3.56. The minimum atomic E-state index is -0.862. The van der Waals surface area contributed by atoms with E-state index < -0.39 is 17.9 Å². The Bertz CT molecular complexity index is 642. The van der Waals surface area contributed by atoms with Gasteiger partial charge >= 0.3 is 5.97 Å². The highest BCUT2D eigenvalue weighted by Gasteiger charge is 2.33. The monoisotopic (exact) mass is 317 g/mol. The number of hydrazone groups is 1. The van der Waals surface area contributed by atoms with Crippen LogP contribution in [0.4, 0.5) is 0 Å². The van der Waals surface area contributed by atoms with Gasteiger partial charge in [-0.1, -0.05) is 30.3 Å². The third-order valence-corrected chi connectivity index (χ3v) is 3.70. The summed E-state index contributed by atoms with van der Waals surface area (Å²) in [7, 11) is 4.31. The lowest BCUT2D eigenvalue weighted by Crippen LogP contribution is -2.42. The van der Waals surface area contributed by atoms with Crippen molar-refractivity contribution < 1.29 is 19.1 Å². The molecule has 0 saturated heterocycles. The molecule has 7 nitrogen and oxygen atoms in total. The van der Waals surface area contributed by atoms with Crippen LogP contribution in [0, 0.1) is 0 Å². The number of nitrogens with zero attached hydrogens (tertiary/aromatic N) is 3. The lowest BCUT2D eigenvalue weighted by Gasteiger charge is -2.28. The summed E-state index contributed by atoms with van der Waals surface area (Å²) in [6, 6.07) is 8.04. The Morgan fingerprint density at radius 2 is 1.91 bits per heavy atom. The van der Waals surface area contributed by atoms with Crippen molar-refractivity contribution in [1.29, 1.82) is 0 Å². The molecule has 0 saturated carbocycles. The Balaban J connectivity index is 2.29. The molecule has 1 unspecified atom stereocenters. The molecule has 122 valence electrons. The predicted octanol–water partition coefficient (Wildman–Crippen LogP) is 0.967. The molecule has 7 heteroatoms. The Hall–Kier alpha value is -2.70. The standard InChI is InChI=1S/C16H19N3O4/c1-18(15(21)12-9-10-13(20)19(2)17-12)14(16(22)23-3)11-7-5-4-6-8-11/h4-8,14H,9-10H2,1-3H3. The van der Waals surface area contributed by atoms with Crippen LogP contribution in [0.1, 0.15) is 24.4 Å². The molecule has 0 spiro atoms. The highest BCUT2D eigenvalue weighted by Crippen LogP contribution is 2.22. The highest BCUT2D eigenvalue weighted by molar-refractivity contribution is 6.39. The van der Waals surface area contributed by atoms with E-state index in [-0.39, 0.29) is 24.5 Å². The van der Waals surface area contributed by atoms with E-state index >= 15 is 0 Å². The zero-order valence-electron chi connectivity index (χ0n) is 13.4. The number of methoxy groups -OCH3 is 1. The fraction of sp³-hybridized carbons (Fsp3) is 0.375. The first-order chi connectivity index (χ1) is 11.0. The van der Waals surface area contributed by atoms with E-state index in [1.807, 2.05) is 6.07 Å². The fourth-order valence-corrected chi connectivity index (χ4v) is 2.41. The molecule has 1 aliphatic heterocycles. The van der Waals surface area contributed by atoms with Crippen LogP contribution in [0.5, 0.6) is 0 Å². The minimum Gasteiger partial charge on any atom is -0.467 e. The first kappa shape index (κ1) is 16.7. The molecular weight excluding hydrogens is 298 g/mol. The van der Waals surface area contributed by atoms with E-state index in [1.54, 1.807) is 24.3 Å². The SMILES string of the molecule is COC(=O)C(c1ccccc1)N(C)C(=O)C1=NN(C)C(=O)CC1. The minimum absolute atomic E-state index is 0.142. The number of esters is 1. The molecule has 0 aliphatic carbocycles. The van der Waals surface area contributed by atoms with Gasteiger partial charge in [0.25, 0.3) is 5.91 Å². The van der Waals surface area contributed by atoms with Crippen molar-refractivity contribution in [2.45, 2.75) is 18.9 Å². The number of hydrogen-bond acceptors (Lipinski definition) is 5. The summed E-state index contributed by atoms with van der Waals surface area (Å²) in [4.78, 5) is 37.5. The van der Waals surface area contributed by atoms with E-state index in [1.165, 1.54) is 26.1 Å². The maximum Gasteiger partial charge on any atom is 0.333 e. The average Bonchev–Trinajstić information content (AvgIpc) is 2.57. The van der Waals surface area contributed by atoms with Crippen LogP contribution in [0.2, 0.25) is 0 Å². The van der Waals surface area contributed by atoms with Gasteiger partial charge in [0, 0.05) is 26.9 Å². The molecule has 1 heterocycles. The number of ether oxygens (including phenoxy) is 1. The van der Waals surface area contributed by atoms with E-state index in [4.69, 9.17) is 4.74 Å². The lowest BCUT2D eigenvalue weighted by atomic mass is 10.0. The Labute approximate surface area is 134 Å². The largest absolute Gasteiger partial charge is 0.467 e. The molecule has 1 aliphatic rings. The number of carbonyl (C=O) groups is 3. The molecular formula is C16H19N3O4. The Morgan fingerprint density at radius 3 is 2.48 bits per heavy atom. The number of rotatable bonds is 4. The van der Waals surface area contributed by atoms with E-state index in [0.29, 0.717) is 5.56 Å². The van der Waals surface area contributed by atoms with Gasteiger partial charge in [0.15, 0.2) is 6.04 Å². The van der Waals surface area contributed by atoms with Gasteiger partial charge in [-0.3, -0.25) is 9.59 Å². The molecule has 0 bridgehead atoms. The van der Waals surface area contributed by atoms with Crippen LogP contribution in [0.15, 0.2) is 35.4 Å². The number of hydrogen-bond donors (Lipinski definition) is 0. The maximum absolute atomic E-state index is 12.6. The van der Waals surface area contributed by atoms with E-state index in [0.717, 1.165) is 5.01 Å². The molecule has 2 rings (SSSR count). The van der Waals surface area contributed by atoms with Crippen LogP contribution in [0.25, 0.3) is 0 Å². The second-order valence-electron chi connectivity index (χ2n) is 5.22. The van der Waals surface area contributed by atoms with Crippen molar-refractivity contribution in [3.8, 4) is 0 Å². The summed E-state index contributed by atoms with van der Waals surface area (Å²) in [6.07, 6.45) is 0.484. The Kier molecular flexibility index (Phi) is 5.10. The van der Waals surface area contributed by atoms with E-state index in [2.05, 4.69) is 5.10 Å². The summed E-state index contributed by atoms with van der Waals surface area (Å²) < 4.78 is 4.83. The first-order valence-corrected chi connectivity index (χ1v) is 7.19. The molecule has 0 fully saturated rings. The second-order valence-corrected chi connectivity index (χ2v) is 5.22. The normalized spacial score (nSPS) is 15.7. The van der Waals surface area contributed by atoms with Gasteiger partial charge in [-0.25, -0.2) is 9.80 Å². The van der Waals surface area contributed by atoms with Crippen molar-refractivity contribution >= 4 is 23.5 Å². The molecule has 0 radical (unpaired) electrons. The lowest BCUT2D eigenvalue weighted by molar-refractivity contribution is -0.150. The van der Waals surface area contributed by atoms with Crippen molar-refractivity contribution in [2.75, 3.05) is 21.2 Å². The number of carbonyl (C=O) groups excluding carboxylic acids is 3. The smallest absolute Gasteiger partial charge is 0.333 e. The Morgan fingerprint density at radius 1 is 1.26 bits per heavy atom. The van der Waals surface area contributed by atoms with Crippen LogP contribution < -0.4 is 0 Å². The van der Waals surface area contributed by atoms with Crippen molar-refractivity contribution in [1.82, 2.24) is 9.91 Å². The molecule has 1 aromatic carbocycles. The van der Waals surface area contributed by atoms with Gasteiger partial charge in [-0.15, -0.1) is 0 Å². The number of amides is 2. The molecule has 0 aromatic heterocycles.